The van der Waals surface area contributed by atoms with E-state index in [1.54, 1.807) is 18.2 Å². The number of amides is 1. The maximum absolute atomic E-state index is 12.1. The second kappa shape index (κ2) is 9.45. The van der Waals surface area contributed by atoms with Crippen molar-refractivity contribution in [3.8, 4) is 5.75 Å². The van der Waals surface area contributed by atoms with Gasteiger partial charge in [0.25, 0.3) is 11.1 Å². The van der Waals surface area contributed by atoms with E-state index in [0.29, 0.717) is 21.8 Å². The van der Waals surface area contributed by atoms with E-state index in [1.165, 1.54) is 0 Å². The van der Waals surface area contributed by atoms with Gasteiger partial charge in [-0.25, -0.2) is 0 Å². The highest BCUT2D eigenvalue weighted by Crippen LogP contribution is 2.26. The molecule has 3 aromatic rings. The molecule has 0 saturated carbocycles. The summed E-state index contributed by atoms with van der Waals surface area (Å²) in [5, 5.41) is 11.5. The fourth-order valence-corrected chi connectivity index (χ4v) is 3.28. The summed E-state index contributed by atoms with van der Waals surface area (Å²) >= 11 is 10.5. The van der Waals surface area contributed by atoms with E-state index in [9.17, 15) is 4.79 Å². The SMILES string of the molecule is Cc1cccc(OCc2nnc(SCC(=O)Nc3ccc(Br)c(Cl)c3)o2)c1C. The predicted octanol–water partition coefficient (Wildman–Crippen LogP) is 5.41. The molecule has 146 valence electrons. The largest absolute Gasteiger partial charge is 0.484 e. The first kappa shape index (κ1) is 20.7. The van der Waals surface area contributed by atoms with Crippen molar-refractivity contribution in [2.24, 2.45) is 0 Å². The number of hydrogen-bond acceptors (Lipinski definition) is 6. The lowest BCUT2D eigenvalue weighted by atomic mass is 10.1. The van der Waals surface area contributed by atoms with Gasteiger partial charge >= 0.3 is 0 Å². The number of hydrogen-bond donors (Lipinski definition) is 1. The minimum Gasteiger partial charge on any atom is -0.484 e. The van der Waals surface area contributed by atoms with Crippen LogP contribution in [0.1, 0.15) is 17.0 Å². The van der Waals surface area contributed by atoms with Crippen LogP contribution in [0.15, 0.2) is 50.5 Å². The Balaban J connectivity index is 1.49. The average molecular weight is 483 g/mol. The summed E-state index contributed by atoms with van der Waals surface area (Å²) in [5.41, 5.74) is 2.84. The van der Waals surface area contributed by atoms with Gasteiger partial charge in [-0.1, -0.05) is 35.5 Å². The number of nitrogens with zero attached hydrogens (tertiary/aromatic N) is 2. The number of anilines is 1. The highest BCUT2D eigenvalue weighted by atomic mass is 79.9. The number of aryl methyl sites for hydroxylation is 1. The minimum absolute atomic E-state index is 0.132. The van der Waals surface area contributed by atoms with Crippen LogP contribution in [0.5, 0.6) is 5.75 Å². The lowest BCUT2D eigenvalue weighted by Gasteiger charge is -2.08. The van der Waals surface area contributed by atoms with Gasteiger partial charge in [0.2, 0.25) is 5.91 Å². The molecule has 0 unspecified atom stereocenters. The maximum Gasteiger partial charge on any atom is 0.277 e. The summed E-state index contributed by atoms with van der Waals surface area (Å²) < 4.78 is 12.0. The van der Waals surface area contributed by atoms with Crippen LogP contribution in [0.4, 0.5) is 5.69 Å². The van der Waals surface area contributed by atoms with Gasteiger partial charge in [-0.3, -0.25) is 4.79 Å². The van der Waals surface area contributed by atoms with Crippen molar-refractivity contribution >= 4 is 50.9 Å². The van der Waals surface area contributed by atoms with Gasteiger partial charge in [-0.2, -0.15) is 0 Å². The molecule has 0 bridgehead atoms. The van der Waals surface area contributed by atoms with Gasteiger partial charge < -0.3 is 14.5 Å². The Morgan fingerprint density at radius 3 is 2.89 bits per heavy atom. The molecule has 0 radical (unpaired) electrons. The minimum atomic E-state index is -0.199. The maximum atomic E-state index is 12.1. The first-order valence-corrected chi connectivity index (χ1v) is 10.5. The molecule has 0 atom stereocenters. The molecule has 1 N–H and O–H groups in total. The second-order valence-electron chi connectivity index (χ2n) is 5.91. The molecule has 9 heteroatoms. The molecule has 1 amide bonds. The van der Waals surface area contributed by atoms with Gasteiger partial charge in [0, 0.05) is 10.2 Å². The van der Waals surface area contributed by atoms with E-state index in [4.69, 9.17) is 20.8 Å². The van der Waals surface area contributed by atoms with Crippen molar-refractivity contribution < 1.29 is 13.9 Å². The summed E-state index contributed by atoms with van der Waals surface area (Å²) in [7, 11) is 0. The van der Waals surface area contributed by atoms with E-state index < -0.39 is 0 Å². The quantitative estimate of drug-likeness (QED) is 0.454. The first-order valence-electron chi connectivity index (χ1n) is 8.31. The van der Waals surface area contributed by atoms with E-state index in [1.807, 2.05) is 32.0 Å². The number of halogens is 2. The van der Waals surface area contributed by atoms with E-state index in [2.05, 4.69) is 31.4 Å². The highest BCUT2D eigenvalue weighted by Gasteiger charge is 2.12. The van der Waals surface area contributed by atoms with Crippen molar-refractivity contribution in [2.45, 2.75) is 25.7 Å². The zero-order chi connectivity index (χ0) is 20.1. The Labute approximate surface area is 180 Å². The van der Waals surface area contributed by atoms with Crippen molar-refractivity contribution in [3.05, 3.63) is 62.9 Å². The second-order valence-corrected chi connectivity index (χ2v) is 8.10. The molecule has 2 aromatic carbocycles. The molecule has 1 heterocycles. The van der Waals surface area contributed by atoms with Crippen LogP contribution in [0.2, 0.25) is 5.02 Å². The van der Waals surface area contributed by atoms with Crippen molar-refractivity contribution in [3.63, 3.8) is 0 Å². The number of aromatic nitrogens is 2. The first-order chi connectivity index (χ1) is 13.4. The highest BCUT2D eigenvalue weighted by molar-refractivity contribution is 9.10. The molecule has 0 aliphatic carbocycles. The number of rotatable bonds is 7. The van der Waals surface area contributed by atoms with Crippen molar-refractivity contribution in [2.75, 3.05) is 11.1 Å². The predicted molar refractivity (Wildman–Crippen MR) is 113 cm³/mol. The number of nitrogens with one attached hydrogen (secondary N) is 1. The van der Waals surface area contributed by atoms with Crippen LogP contribution in [-0.2, 0) is 11.4 Å². The molecule has 0 saturated heterocycles. The third-order valence-electron chi connectivity index (χ3n) is 3.88. The van der Waals surface area contributed by atoms with Crippen LogP contribution in [0.3, 0.4) is 0 Å². The molecule has 6 nitrogen and oxygen atoms in total. The molecule has 0 aliphatic rings. The Kier molecular flexibility index (Phi) is 6.98. The third-order valence-corrected chi connectivity index (χ3v) is 5.94. The van der Waals surface area contributed by atoms with Gasteiger partial charge in [0.1, 0.15) is 5.75 Å². The standard InChI is InChI=1S/C19H17BrClN3O3S/c1-11-4-3-5-16(12(11)2)26-9-18-23-24-19(27-18)28-10-17(25)22-13-6-7-14(20)15(21)8-13/h3-8H,9-10H2,1-2H3,(H,22,25). The zero-order valence-corrected chi connectivity index (χ0v) is 18.3. The lowest BCUT2D eigenvalue weighted by molar-refractivity contribution is -0.113. The van der Waals surface area contributed by atoms with Gasteiger partial charge in [-0.05, 0) is 65.2 Å². The Bertz CT molecular complexity index is 996. The summed E-state index contributed by atoms with van der Waals surface area (Å²) in [5.74, 6) is 1.06. The zero-order valence-electron chi connectivity index (χ0n) is 15.2. The molecular weight excluding hydrogens is 466 g/mol. The third kappa shape index (κ3) is 5.50. The summed E-state index contributed by atoms with van der Waals surface area (Å²) in [4.78, 5) is 12.1. The summed E-state index contributed by atoms with van der Waals surface area (Å²) in [6, 6.07) is 11.1. The van der Waals surface area contributed by atoms with Crippen molar-refractivity contribution in [1.82, 2.24) is 10.2 Å². The summed E-state index contributed by atoms with van der Waals surface area (Å²) in [6.07, 6.45) is 0. The molecule has 0 spiro atoms. The Morgan fingerprint density at radius 1 is 1.29 bits per heavy atom. The lowest BCUT2D eigenvalue weighted by Crippen LogP contribution is -2.13. The molecule has 28 heavy (non-hydrogen) atoms. The molecule has 0 fully saturated rings. The normalized spacial score (nSPS) is 10.7. The van der Waals surface area contributed by atoms with Crippen LogP contribution in [-0.4, -0.2) is 21.9 Å². The van der Waals surface area contributed by atoms with Gasteiger partial charge in [0.15, 0.2) is 6.61 Å². The number of benzene rings is 2. The van der Waals surface area contributed by atoms with Crippen LogP contribution in [0, 0.1) is 13.8 Å². The topological polar surface area (TPSA) is 77.2 Å². The van der Waals surface area contributed by atoms with E-state index in [-0.39, 0.29) is 18.3 Å². The monoisotopic (exact) mass is 481 g/mol. The fourth-order valence-electron chi connectivity index (χ4n) is 2.27. The summed E-state index contributed by atoms with van der Waals surface area (Å²) in [6.45, 7) is 4.19. The van der Waals surface area contributed by atoms with Gasteiger partial charge in [0.05, 0.1) is 10.8 Å². The van der Waals surface area contributed by atoms with Crippen LogP contribution < -0.4 is 10.1 Å². The number of ether oxygens (including phenoxy) is 1. The molecule has 1 aromatic heterocycles. The van der Waals surface area contributed by atoms with Crippen LogP contribution in [0.25, 0.3) is 0 Å². The van der Waals surface area contributed by atoms with E-state index >= 15 is 0 Å². The number of thioether (sulfide) groups is 1. The van der Waals surface area contributed by atoms with Crippen LogP contribution >= 0.6 is 39.3 Å². The fraction of sp³-hybridized carbons (Fsp3) is 0.211. The Morgan fingerprint density at radius 2 is 2.11 bits per heavy atom. The van der Waals surface area contributed by atoms with Crippen molar-refractivity contribution in [1.29, 1.82) is 0 Å². The van der Waals surface area contributed by atoms with E-state index in [0.717, 1.165) is 33.1 Å². The average Bonchev–Trinajstić information content (AvgIpc) is 3.12. The smallest absolute Gasteiger partial charge is 0.277 e. The Hall–Kier alpha value is -2.03. The molecular formula is C19H17BrClN3O3S. The molecule has 3 rings (SSSR count). The number of carbonyl (C=O) groups excluding carboxylic acids is 1. The number of carbonyl (C=O) groups is 1. The molecule has 0 aliphatic heterocycles. The van der Waals surface area contributed by atoms with Gasteiger partial charge in [-0.15, -0.1) is 10.2 Å².